The van der Waals surface area contributed by atoms with Crippen LogP contribution in [-0.4, -0.2) is 52.9 Å². The number of nitrogens with zero attached hydrogens (tertiary/aromatic N) is 2. The molecule has 8 heteroatoms. The molecule has 0 unspecified atom stereocenters. The van der Waals surface area contributed by atoms with Crippen LogP contribution in [0.2, 0.25) is 0 Å². The van der Waals surface area contributed by atoms with Gasteiger partial charge in [-0.3, -0.25) is 4.79 Å². The maximum atomic E-state index is 13.1. The Kier molecular flexibility index (Phi) is 7.56. The predicted molar refractivity (Wildman–Crippen MR) is 122 cm³/mol. The highest BCUT2D eigenvalue weighted by Gasteiger charge is 2.27. The Hall–Kier alpha value is -2.58. The molecule has 0 aromatic heterocycles. The SMILES string of the molecule is COc1ccc(S(=O)(=O)N2CCCCCC2)cc1C(=O)NCc1ccc(N(C)C)cc1. The van der Waals surface area contributed by atoms with Crippen molar-refractivity contribution >= 4 is 21.6 Å². The second-order valence-electron chi connectivity index (χ2n) is 7.92. The fraction of sp³-hybridized carbons (Fsp3) is 0.435. The molecule has 31 heavy (non-hydrogen) atoms. The molecule has 2 aromatic carbocycles. The van der Waals surface area contributed by atoms with Gasteiger partial charge in [0.25, 0.3) is 5.91 Å². The van der Waals surface area contributed by atoms with Crippen molar-refractivity contribution in [1.29, 1.82) is 0 Å². The molecule has 1 saturated heterocycles. The molecule has 1 aliphatic heterocycles. The van der Waals surface area contributed by atoms with E-state index in [0.29, 0.717) is 25.4 Å². The Morgan fingerprint density at radius 1 is 1.03 bits per heavy atom. The molecule has 1 heterocycles. The molecule has 3 rings (SSSR count). The number of hydrogen-bond acceptors (Lipinski definition) is 5. The Bertz CT molecular complexity index is 996. The Morgan fingerprint density at radius 3 is 2.26 bits per heavy atom. The first-order valence-electron chi connectivity index (χ1n) is 10.6. The average molecular weight is 446 g/mol. The lowest BCUT2D eigenvalue weighted by atomic mass is 10.1. The van der Waals surface area contributed by atoms with E-state index in [1.807, 2.05) is 43.3 Å². The van der Waals surface area contributed by atoms with E-state index in [0.717, 1.165) is 36.9 Å². The van der Waals surface area contributed by atoms with Crippen molar-refractivity contribution < 1.29 is 17.9 Å². The molecule has 0 aliphatic carbocycles. The van der Waals surface area contributed by atoms with Gasteiger partial charge in [0.2, 0.25) is 10.0 Å². The number of carbonyl (C=O) groups excluding carboxylic acids is 1. The molecule has 1 N–H and O–H groups in total. The predicted octanol–water partition coefficient (Wildman–Crippen LogP) is 3.26. The number of carbonyl (C=O) groups is 1. The van der Waals surface area contributed by atoms with E-state index < -0.39 is 10.0 Å². The van der Waals surface area contributed by atoms with E-state index >= 15 is 0 Å². The average Bonchev–Trinajstić information content (AvgIpc) is 3.07. The first-order chi connectivity index (χ1) is 14.8. The number of ether oxygens (including phenoxy) is 1. The Labute approximate surface area is 185 Å². The van der Waals surface area contributed by atoms with Gasteiger partial charge in [-0.1, -0.05) is 25.0 Å². The van der Waals surface area contributed by atoms with Crippen molar-refractivity contribution in [3.05, 3.63) is 53.6 Å². The molecule has 0 bridgehead atoms. The summed E-state index contributed by atoms with van der Waals surface area (Å²) in [5.74, 6) is -0.0308. The highest BCUT2D eigenvalue weighted by atomic mass is 32.2. The van der Waals surface area contributed by atoms with Crippen molar-refractivity contribution in [2.45, 2.75) is 37.1 Å². The minimum Gasteiger partial charge on any atom is -0.496 e. The summed E-state index contributed by atoms with van der Waals surface area (Å²) >= 11 is 0. The smallest absolute Gasteiger partial charge is 0.255 e. The minimum absolute atomic E-state index is 0.121. The fourth-order valence-corrected chi connectivity index (χ4v) is 5.19. The Balaban J connectivity index is 1.78. The molecule has 0 spiro atoms. The van der Waals surface area contributed by atoms with Crippen LogP contribution in [0.25, 0.3) is 0 Å². The van der Waals surface area contributed by atoms with Crippen LogP contribution in [0, 0.1) is 0 Å². The standard InChI is InChI=1S/C23H31N3O4S/c1-25(2)19-10-8-18(9-11-19)17-24-23(27)21-16-20(12-13-22(21)30-3)31(28,29)26-14-6-4-5-7-15-26/h8-13,16H,4-7,14-15,17H2,1-3H3,(H,24,27). The van der Waals surface area contributed by atoms with Crippen LogP contribution in [0.4, 0.5) is 5.69 Å². The van der Waals surface area contributed by atoms with Crippen LogP contribution in [0.3, 0.4) is 0 Å². The van der Waals surface area contributed by atoms with Crippen LogP contribution < -0.4 is 15.0 Å². The van der Waals surface area contributed by atoms with Gasteiger partial charge in [-0.2, -0.15) is 4.31 Å². The maximum Gasteiger partial charge on any atom is 0.255 e. The number of sulfonamides is 1. The van der Waals surface area contributed by atoms with Crippen LogP contribution in [0.1, 0.15) is 41.6 Å². The Morgan fingerprint density at radius 2 is 1.68 bits per heavy atom. The molecule has 1 amide bonds. The second-order valence-corrected chi connectivity index (χ2v) is 9.86. The largest absolute Gasteiger partial charge is 0.496 e. The van der Waals surface area contributed by atoms with Crippen LogP contribution in [0.5, 0.6) is 5.75 Å². The molecule has 0 atom stereocenters. The molecule has 0 radical (unpaired) electrons. The number of benzene rings is 2. The highest BCUT2D eigenvalue weighted by molar-refractivity contribution is 7.89. The number of nitrogens with one attached hydrogen (secondary N) is 1. The molecule has 2 aromatic rings. The molecule has 1 fully saturated rings. The van der Waals surface area contributed by atoms with E-state index in [-0.39, 0.29) is 16.4 Å². The normalized spacial score (nSPS) is 15.2. The van der Waals surface area contributed by atoms with Crippen molar-refractivity contribution in [3.8, 4) is 5.75 Å². The van der Waals surface area contributed by atoms with Gasteiger partial charge in [-0.15, -0.1) is 0 Å². The number of amides is 1. The summed E-state index contributed by atoms with van der Waals surface area (Å²) < 4.78 is 33.1. The zero-order valence-electron chi connectivity index (χ0n) is 18.4. The van der Waals surface area contributed by atoms with Gasteiger partial charge >= 0.3 is 0 Å². The first-order valence-corrected chi connectivity index (χ1v) is 12.0. The summed E-state index contributed by atoms with van der Waals surface area (Å²) in [5.41, 5.74) is 2.23. The van der Waals surface area contributed by atoms with Gasteiger partial charge in [-0.05, 0) is 48.7 Å². The van der Waals surface area contributed by atoms with Crippen LogP contribution in [0.15, 0.2) is 47.4 Å². The summed E-state index contributed by atoms with van der Waals surface area (Å²) in [6, 6.07) is 12.3. The molecule has 1 aliphatic rings. The van der Waals surface area contributed by atoms with Gasteiger partial charge < -0.3 is 15.0 Å². The van der Waals surface area contributed by atoms with Crippen LogP contribution >= 0.6 is 0 Å². The lowest BCUT2D eigenvalue weighted by molar-refractivity contribution is 0.0947. The van der Waals surface area contributed by atoms with E-state index in [2.05, 4.69) is 5.32 Å². The molecule has 0 saturated carbocycles. The third-order valence-corrected chi connectivity index (χ3v) is 7.42. The van der Waals surface area contributed by atoms with Gasteiger partial charge in [0.15, 0.2) is 0 Å². The van der Waals surface area contributed by atoms with Crippen molar-refractivity contribution in [1.82, 2.24) is 9.62 Å². The van der Waals surface area contributed by atoms with Crippen molar-refractivity contribution in [3.63, 3.8) is 0 Å². The number of methoxy groups -OCH3 is 1. The third kappa shape index (κ3) is 5.57. The zero-order chi connectivity index (χ0) is 22.4. The monoisotopic (exact) mass is 445 g/mol. The molecule has 168 valence electrons. The van der Waals surface area contributed by atoms with Gasteiger partial charge in [-0.25, -0.2) is 8.42 Å². The number of hydrogen-bond donors (Lipinski definition) is 1. The summed E-state index contributed by atoms with van der Waals surface area (Å²) in [6.45, 7) is 1.36. The van der Waals surface area contributed by atoms with E-state index in [1.165, 1.54) is 23.5 Å². The molecule has 7 nitrogen and oxygen atoms in total. The summed E-state index contributed by atoms with van der Waals surface area (Å²) in [7, 11) is 1.75. The molecular formula is C23H31N3O4S. The zero-order valence-corrected chi connectivity index (χ0v) is 19.2. The lowest BCUT2D eigenvalue weighted by Crippen LogP contribution is -2.32. The van der Waals surface area contributed by atoms with Gasteiger partial charge in [0, 0.05) is 39.4 Å². The van der Waals surface area contributed by atoms with Gasteiger partial charge in [0.05, 0.1) is 17.6 Å². The van der Waals surface area contributed by atoms with E-state index in [1.54, 1.807) is 6.07 Å². The van der Waals surface area contributed by atoms with Crippen molar-refractivity contribution in [2.24, 2.45) is 0 Å². The summed E-state index contributed by atoms with van der Waals surface area (Å²) in [6.07, 6.45) is 3.79. The first kappa shape index (κ1) is 23.1. The third-order valence-electron chi connectivity index (χ3n) is 5.52. The van der Waals surface area contributed by atoms with Crippen LogP contribution in [-0.2, 0) is 16.6 Å². The maximum absolute atomic E-state index is 13.1. The quantitative estimate of drug-likeness (QED) is 0.708. The summed E-state index contributed by atoms with van der Waals surface area (Å²) in [5, 5.41) is 2.87. The fourth-order valence-electron chi connectivity index (χ4n) is 3.65. The lowest BCUT2D eigenvalue weighted by Gasteiger charge is -2.20. The van der Waals surface area contributed by atoms with E-state index in [4.69, 9.17) is 4.74 Å². The van der Waals surface area contributed by atoms with Crippen molar-refractivity contribution in [2.75, 3.05) is 39.2 Å². The van der Waals surface area contributed by atoms with Gasteiger partial charge in [0.1, 0.15) is 5.75 Å². The minimum atomic E-state index is -3.65. The highest BCUT2D eigenvalue weighted by Crippen LogP contribution is 2.26. The molecular weight excluding hydrogens is 414 g/mol. The summed E-state index contributed by atoms with van der Waals surface area (Å²) in [4.78, 5) is 15.0. The number of anilines is 1. The second kappa shape index (κ2) is 10.2. The number of rotatable bonds is 7. The topological polar surface area (TPSA) is 79.0 Å². The van der Waals surface area contributed by atoms with E-state index in [9.17, 15) is 13.2 Å².